The lowest BCUT2D eigenvalue weighted by Crippen LogP contribution is -2.61. The van der Waals surface area contributed by atoms with E-state index in [9.17, 15) is 14.4 Å². The van der Waals surface area contributed by atoms with E-state index in [4.69, 9.17) is 9.47 Å². The molecular weight excluding hydrogens is 424 g/mol. The molecule has 1 saturated heterocycles. The first-order valence-electron chi connectivity index (χ1n) is 10.7. The summed E-state index contributed by atoms with van der Waals surface area (Å²) >= 11 is 0. The molecular formula is C24H24N4O5. The average molecular weight is 448 g/mol. The van der Waals surface area contributed by atoms with Crippen molar-refractivity contribution in [2.24, 2.45) is 5.92 Å². The quantitative estimate of drug-likeness (QED) is 0.772. The van der Waals surface area contributed by atoms with Crippen molar-refractivity contribution in [3.05, 3.63) is 65.9 Å². The van der Waals surface area contributed by atoms with Crippen molar-refractivity contribution < 1.29 is 23.9 Å². The Morgan fingerprint density at radius 3 is 2.52 bits per heavy atom. The van der Waals surface area contributed by atoms with Gasteiger partial charge in [-0.25, -0.2) is 4.79 Å². The number of anilines is 1. The van der Waals surface area contributed by atoms with E-state index in [1.54, 1.807) is 31.3 Å². The van der Waals surface area contributed by atoms with Crippen molar-refractivity contribution >= 4 is 23.5 Å². The number of imide groups is 1. The number of rotatable bonds is 4. The number of hydrogen-bond donors (Lipinski definition) is 1. The Hall–Kier alpha value is -4.01. The van der Waals surface area contributed by atoms with Crippen LogP contribution in [0.2, 0.25) is 0 Å². The minimum atomic E-state index is -0.637. The number of hydrogen-bond acceptors (Lipinski definition) is 6. The van der Waals surface area contributed by atoms with Crippen LogP contribution in [0, 0.1) is 5.92 Å². The summed E-state index contributed by atoms with van der Waals surface area (Å²) in [6, 6.07) is 14.4. The summed E-state index contributed by atoms with van der Waals surface area (Å²) in [5.74, 6) is -0.139. The Labute approximate surface area is 191 Å². The maximum atomic E-state index is 13.4. The normalized spacial score (nSPS) is 21.6. The van der Waals surface area contributed by atoms with Crippen molar-refractivity contribution in [1.29, 1.82) is 0 Å². The molecule has 9 heteroatoms. The summed E-state index contributed by atoms with van der Waals surface area (Å²) in [4.78, 5) is 43.3. The maximum Gasteiger partial charge on any atom is 0.327 e. The average Bonchev–Trinajstić information content (AvgIpc) is 3.21. The van der Waals surface area contributed by atoms with Gasteiger partial charge >= 0.3 is 6.03 Å². The van der Waals surface area contributed by atoms with Gasteiger partial charge in [0.25, 0.3) is 5.91 Å². The largest absolute Gasteiger partial charge is 0.486 e. The fraction of sp³-hybridized carbons (Fsp3) is 0.292. The van der Waals surface area contributed by atoms with Crippen LogP contribution < -0.4 is 14.8 Å². The molecule has 2 atom stereocenters. The first-order valence-corrected chi connectivity index (χ1v) is 10.7. The van der Waals surface area contributed by atoms with Crippen LogP contribution >= 0.6 is 0 Å². The molecule has 2 aromatic carbocycles. The van der Waals surface area contributed by atoms with Crippen LogP contribution in [0.25, 0.3) is 0 Å². The van der Waals surface area contributed by atoms with Crippen LogP contribution in [0.4, 0.5) is 10.5 Å². The second kappa shape index (κ2) is 8.16. The molecule has 0 spiro atoms. The molecule has 0 radical (unpaired) electrons. The third kappa shape index (κ3) is 3.65. The fourth-order valence-corrected chi connectivity index (χ4v) is 4.49. The second-order valence-corrected chi connectivity index (χ2v) is 8.21. The Bertz CT molecular complexity index is 1150. The van der Waals surface area contributed by atoms with E-state index in [1.165, 1.54) is 11.9 Å². The Kier molecular flexibility index (Phi) is 5.16. The highest BCUT2D eigenvalue weighted by Gasteiger charge is 2.50. The highest BCUT2D eigenvalue weighted by molar-refractivity contribution is 6.06. The van der Waals surface area contributed by atoms with E-state index < -0.39 is 18.1 Å². The van der Waals surface area contributed by atoms with Gasteiger partial charge in [0.15, 0.2) is 11.5 Å². The number of nitrogens with zero attached hydrogens (tertiary/aromatic N) is 3. The predicted molar refractivity (Wildman–Crippen MR) is 119 cm³/mol. The molecule has 1 N–H and O–H groups in total. The summed E-state index contributed by atoms with van der Waals surface area (Å²) in [5.41, 5.74) is 1.85. The monoisotopic (exact) mass is 448 g/mol. The Morgan fingerprint density at radius 1 is 1.03 bits per heavy atom. The molecule has 170 valence electrons. The summed E-state index contributed by atoms with van der Waals surface area (Å²) in [6.45, 7) is 1.30. The predicted octanol–water partition coefficient (Wildman–Crippen LogP) is 2.26. The van der Waals surface area contributed by atoms with Gasteiger partial charge in [-0.2, -0.15) is 0 Å². The number of carbonyl (C=O) groups is 3. The molecule has 3 heterocycles. The molecule has 0 aliphatic carbocycles. The van der Waals surface area contributed by atoms with Gasteiger partial charge in [0.2, 0.25) is 5.91 Å². The number of urea groups is 1. The summed E-state index contributed by atoms with van der Waals surface area (Å²) in [5, 5.41) is 2.90. The van der Waals surface area contributed by atoms with Crippen LogP contribution in [0.5, 0.6) is 11.5 Å². The molecule has 1 fully saturated rings. The molecule has 0 aromatic heterocycles. The van der Waals surface area contributed by atoms with Gasteiger partial charge in [0.1, 0.15) is 25.1 Å². The van der Waals surface area contributed by atoms with Crippen LogP contribution in [-0.4, -0.2) is 66.0 Å². The molecule has 2 unspecified atom stereocenters. The van der Waals surface area contributed by atoms with E-state index in [-0.39, 0.29) is 11.8 Å². The molecule has 0 saturated carbocycles. The smallest absolute Gasteiger partial charge is 0.327 e. The Morgan fingerprint density at radius 2 is 1.76 bits per heavy atom. The zero-order valence-corrected chi connectivity index (χ0v) is 18.4. The topological polar surface area (TPSA) is 91.4 Å². The second-order valence-electron chi connectivity index (χ2n) is 8.21. The molecule has 4 amide bonds. The first kappa shape index (κ1) is 20.9. The van der Waals surface area contributed by atoms with Gasteiger partial charge in [-0.1, -0.05) is 30.3 Å². The van der Waals surface area contributed by atoms with Crippen LogP contribution in [0.1, 0.15) is 5.56 Å². The number of benzene rings is 2. The lowest BCUT2D eigenvalue weighted by atomic mass is 10.0. The third-order valence-corrected chi connectivity index (χ3v) is 6.12. The standard InChI is InChI=1S/C24H24N4O5/c1-26-22-17(23(30)27(2)24(26)31)13-18(28(22)14-15-6-4-3-5-7-15)21(29)25-16-8-9-19-20(12-16)33-11-10-32-19/h3-9,12-13,17,22H,10-11,14H2,1-2H3,(H,25,29). The number of ether oxygens (including phenoxy) is 2. The minimum absolute atomic E-state index is 0.330. The molecule has 3 aliphatic heterocycles. The van der Waals surface area contributed by atoms with Gasteiger partial charge in [0.05, 0.1) is 5.92 Å². The number of fused-ring (bicyclic) bond motifs is 2. The zero-order valence-electron chi connectivity index (χ0n) is 18.4. The van der Waals surface area contributed by atoms with Crippen LogP contribution in [0.3, 0.4) is 0 Å². The molecule has 3 aliphatic rings. The van der Waals surface area contributed by atoms with E-state index in [0.717, 1.165) is 10.5 Å². The fourth-order valence-electron chi connectivity index (χ4n) is 4.49. The molecule has 5 rings (SSSR count). The third-order valence-electron chi connectivity index (χ3n) is 6.12. The molecule has 0 bridgehead atoms. The van der Waals surface area contributed by atoms with E-state index in [1.807, 2.05) is 35.2 Å². The van der Waals surface area contributed by atoms with Crippen molar-refractivity contribution in [3.63, 3.8) is 0 Å². The number of amides is 4. The minimum Gasteiger partial charge on any atom is -0.486 e. The maximum absolute atomic E-state index is 13.4. The van der Waals surface area contributed by atoms with Crippen molar-refractivity contribution in [1.82, 2.24) is 14.7 Å². The zero-order chi connectivity index (χ0) is 23.1. The van der Waals surface area contributed by atoms with Crippen LogP contribution in [-0.2, 0) is 16.1 Å². The van der Waals surface area contributed by atoms with E-state index in [0.29, 0.717) is 42.6 Å². The number of nitrogens with one attached hydrogen (secondary N) is 1. The summed E-state index contributed by atoms with van der Waals surface area (Å²) < 4.78 is 11.1. The number of carbonyl (C=O) groups excluding carboxylic acids is 3. The molecule has 9 nitrogen and oxygen atoms in total. The summed E-state index contributed by atoms with van der Waals surface area (Å²) in [7, 11) is 3.11. The SMILES string of the molecule is CN1C(=O)C2C=C(C(=O)Nc3ccc4c(c3)OCCO4)N(Cc3ccccc3)C2N(C)C1=O. The lowest BCUT2D eigenvalue weighted by Gasteiger charge is -2.43. The lowest BCUT2D eigenvalue weighted by molar-refractivity contribution is -0.137. The van der Waals surface area contributed by atoms with Gasteiger partial charge in [0, 0.05) is 32.4 Å². The first-order chi connectivity index (χ1) is 15.9. The van der Waals surface area contributed by atoms with Gasteiger partial charge in [-0.3, -0.25) is 14.5 Å². The van der Waals surface area contributed by atoms with Crippen molar-refractivity contribution in [3.8, 4) is 11.5 Å². The highest BCUT2D eigenvalue weighted by Crippen LogP contribution is 2.37. The van der Waals surface area contributed by atoms with Crippen molar-refractivity contribution in [2.45, 2.75) is 12.7 Å². The molecule has 2 aromatic rings. The Balaban J connectivity index is 1.46. The van der Waals surface area contributed by atoms with Gasteiger partial charge in [-0.15, -0.1) is 0 Å². The van der Waals surface area contributed by atoms with Crippen LogP contribution in [0.15, 0.2) is 60.3 Å². The van der Waals surface area contributed by atoms with E-state index >= 15 is 0 Å². The highest BCUT2D eigenvalue weighted by atomic mass is 16.6. The van der Waals surface area contributed by atoms with Crippen molar-refractivity contribution in [2.75, 3.05) is 32.6 Å². The van der Waals surface area contributed by atoms with Gasteiger partial charge < -0.3 is 24.6 Å². The van der Waals surface area contributed by atoms with Gasteiger partial charge in [-0.05, 0) is 23.8 Å². The summed E-state index contributed by atoms with van der Waals surface area (Å²) in [6.07, 6.45) is 1.07. The molecule has 33 heavy (non-hydrogen) atoms. The van der Waals surface area contributed by atoms with E-state index in [2.05, 4.69) is 5.32 Å².